The zero-order valence-electron chi connectivity index (χ0n) is 21.2. The average Bonchev–Trinajstić information content (AvgIpc) is 3.70. The summed E-state index contributed by atoms with van der Waals surface area (Å²) in [6.07, 6.45) is 4.41. The van der Waals surface area contributed by atoms with Crippen molar-refractivity contribution in [1.82, 2.24) is 20.3 Å². The van der Waals surface area contributed by atoms with E-state index in [1.165, 1.54) is 20.3 Å². The molecule has 1 aliphatic heterocycles. The minimum atomic E-state index is -0.290. The number of fused-ring (bicyclic) bond motifs is 1. The van der Waals surface area contributed by atoms with Gasteiger partial charge in [-0.2, -0.15) is 0 Å². The smallest absolute Gasteiger partial charge is 0.243 e. The highest BCUT2D eigenvalue weighted by atomic mass is 35.5. The number of hydrogen-bond donors (Lipinski definition) is 3. The first-order valence-corrected chi connectivity index (χ1v) is 12.9. The fourth-order valence-corrected chi connectivity index (χ4v) is 4.90. The molecule has 11 nitrogen and oxygen atoms in total. The Morgan fingerprint density at radius 1 is 1.08 bits per heavy atom. The van der Waals surface area contributed by atoms with Gasteiger partial charge >= 0.3 is 0 Å². The number of amides is 2. The van der Waals surface area contributed by atoms with Crippen molar-refractivity contribution in [1.29, 1.82) is 0 Å². The normalized spacial score (nSPS) is 18.5. The van der Waals surface area contributed by atoms with Gasteiger partial charge in [-0.05, 0) is 25.0 Å². The zero-order valence-corrected chi connectivity index (χ0v) is 22.7. The molecule has 204 valence electrons. The van der Waals surface area contributed by atoms with E-state index < -0.39 is 0 Å². The molecule has 2 amide bonds. The maximum atomic E-state index is 12.8. The Morgan fingerprint density at radius 3 is 2.41 bits per heavy atom. The predicted molar refractivity (Wildman–Crippen MR) is 148 cm³/mol. The number of benzene rings is 1. The van der Waals surface area contributed by atoms with Gasteiger partial charge in [0.1, 0.15) is 23.1 Å². The van der Waals surface area contributed by atoms with Crippen molar-refractivity contribution >= 4 is 57.6 Å². The molecule has 3 aromatic rings. The van der Waals surface area contributed by atoms with E-state index >= 15 is 0 Å². The maximum absolute atomic E-state index is 12.8. The van der Waals surface area contributed by atoms with Gasteiger partial charge in [-0.3, -0.25) is 9.59 Å². The molecule has 1 aliphatic carbocycles. The first-order valence-electron chi connectivity index (χ1n) is 12.2. The molecular formula is C26H26Cl2N6O5. The molecule has 1 saturated carbocycles. The van der Waals surface area contributed by atoms with Crippen molar-refractivity contribution in [3.05, 3.63) is 41.0 Å². The van der Waals surface area contributed by atoms with E-state index in [9.17, 15) is 9.59 Å². The van der Waals surface area contributed by atoms with E-state index in [4.69, 9.17) is 37.4 Å². The summed E-state index contributed by atoms with van der Waals surface area (Å²) in [6.45, 7) is 4.22. The van der Waals surface area contributed by atoms with Gasteiger partial charge in [0.15, 0.2) is 5.82 Å². The highest BCUT2D eigenvalue weighted by Gasteiger charge is 2.32. The lowest BCUT2D eigenvalue weighted by Gasteiger charge is -2.20. The molecule has 2 aromatic heterocycles. The van der Waals surface area contributed by atoms with E-state index in [0.717, 1.165) is 12.8 Å². The van der Waals surface area contributed by atoms with Crippen LogP contribution in [0.1, 0.15) is 12.8 Å². The summed E-state index contributed by atoms with van der Waals surface area (Å²) in [5.74, 6) is 1.11. The number of hydrogen-bond acceptors (Lipinski definition) is 9. The molecule has 0 bridgehead atoms. The van der Waals surface area contributed by atoms with Crippen molar-refractivity contribution in [2.75, 3.05) is 38.1 Å². The van der Waals surface area contributed by atoms with Crippen LogP contribution in [0.5, 0.6) is 11.5 Å². The van der Waals surface area contributed by atoms with Crippen LogP contribution < -0.4 is 25.4 Å². The Morgan fingerprint density at radius 2 is 1.77 bits per heavy atom. The van der Waals surface area contributed by atoms with Crippen molar-refractivity contribution in [3.63, 3.8) is 0 Å². The highest BCUT2D eigenvalue weighted by molar-refractivity contribution is 6.41. The second-order valence-corrected chi connectivity index (χ2v) is 9.89. The first kappa shape index (κ1) is 26.9. The van der Waals surface area contributed by atoms with Crippen molar-refractivity contribution < 1.29 is 23.8 Å². The number of rotatable bonds is 9. The van der Waals surface area contributed by atoms with E-state index in [1.54, 1.807) is 18.3 Å². The third kappa shape index (κ3) is 5.56. The van der Waals surface area contributed by atoms with E-state index in [-0.39, 0.29) is 51.5 Å². The summed E-state index contributed by atoms with van der Waals surface area (Å²) in [4.78, 5) is 38.4. The van der Waals surface area contributed by atoms with Gasteiger partial charge < -0.3 is 30.2 Å². The SMILES string of the molecule is C=CC(=O)N[C@H]1COC[C@H]1Nc1cc2c(NC(=O)C3CC3)nc(-c3c(Cl)c(OC)cc(OC)c3Cl)nc2cn1. The van der Waals surface area contributed by atoms with Crippen LogP contribution in [-0.2, 0) is 14.3 Å². The first-order chi connectivity index (χ1) is 18.8. The average molecular weight is 573 g/mol. The molecule has 2 fully saturated rings. The Bertz CT molecular complexity index is 1440. The Labute approximate surface area is 234 Å². The second-order valence-electron chi connectivity index (χ2n) is 9.14. The van der Waals surface area contributed by atoms with Crippen LogP contribution in [0.2, 0.25) is 10.0 Å². The molecule has 3 N–H and O–H groups in total. The summed E-state index contributed by atoms with van der Waals surface area (Å²) in [5.41, 5.74) is 0.745. The third-order valence-corrected chi connectivity index (χ3v) is 7.25. The molecule has 13 heteroatoms. The number of anilines is 2. The fourth-order valence-electron chi connectivity index (χ4n) is 4.23. The van der Waals surface area contributed by atoms with Crippen LogP contribution in [0.3, 0.4) is 0 Å². The maximum Gasteiger partial charge on any atom is 0.243 e. The van der Waals surface area contributed by atoms with E-state index in [1.807, 2.05) is 0 Å². The summed E-state index contributed by atoms with van der Waals surface area (Å²) in [6, 6.07) is 2.81. The lowest BCUT2D eigenvalue weighted by molar-refractivity contribution is -0.118. The standard InChI is InChI=1S/C26H26Cl2N6O5/c1-4-20(35)31-16-11-39-10-15(16)30-19-7-13-14(9-29-19)32-25(33-24(13)34-26(36)12-5-6-12)21-22(27)17(37-2)8-18(38-3)23(21)28/h4,7-9,12,15-16H,1,5-6,10-11H2,2-3H3,(H,29,30)(H,31,35)(H,32,33,34,36)/t15-,16+/m1/s1. The van der Waals surface area contributed by atoms with Gasteiger partial charge in [0, 0.05) is 17.4 Å². The molecule has 5 rings (SSSR count). The van der Waals surface area contributed by atoms with Crippen molar-refractivity contribution in [2.24, 2.45) is 5.92 Å². The molecule has 1 saturated heterocycles. The number of nitrogens with one attached hydrogen (secondary N) is 3. The van der Waals surface area contributed by atoms with Gasteiger partial charge in [-0.25, -0.2) is 15.0 Å². The molecule has 2 aliphatic rings. The third-order valence-electron chi connectivity index (χ3n) is 6.50. The number of aromatic nitrogens is 3. The molecule has 0 radical (unpaired) electrons. The van der Waals surface area contributed by atoms with Crippen LogP contribution in [-0.4, -0.2) is 66.3 Å². The van der Waals surface area contributed by atoms with Crippen LogP contribution in [0.25, 0.3) is 22.3 Å². The number of nitrogens with zero attached hydrogens (tertiary/aromatic N) is 3. The van der Waals surface area contributed by atoms with Crippen LogP contribution in [0.4, 0.5) is 11.6 Å². The molecule has 0 spiro atoms. The number of ether oxygens (including phenoxy) is 3. The zero-order chi connectivity index (χ0) is 27.7. The molecule has 2 atom stereocenters. The van der Waals surface area contributed by atoms with Crippen LogP contribution in [0, 0.1) is 5.92 Å². The van der Waals surface area contributed by atoms with Gasteiger partial charge in [-0.1, -0.05) is 29.8 Å². The van der Waals surface area contributed by atoms with Crippen molar-refractivity contribution in [2.45, 2.75) is 24.9 Å². The minimum absolute atomic E-state index is 0.0631. The van der Waals surface area contributed by atoms with Crippen LogP contribution in [0.15, 0.2) is 31.0 Å². The molecule has 1 aromatic carbocycles. The van der Waals surface area contributed by atoms with Crippen molar-refractivity contribution in [3.8, 4) is 22.9 Å². The predicted octanol–water partition coefficient (Wildman–Crippen LogP) is 3.85. The number of halogens is 2. The lowest BCUT2D eigenvalue weighted by Crippen LogP contribution is -2.45. The summed E-state index contributed by atoms with van der Waals surface area (Å²) >= 11 is 13.2. The molecular weight excluding hydrogens is 547 g/mol. The Balaban J connectivity index is 1.57. The fraction of sp³-hybridized carbons (Fsp3) is 0.346. The van der Waals surface area contributed by atoms with E-state index in [2.05, 4.69) is 37.5 Å². The number of carbonyl (C=O) groups is 2. The number of carbonyl (C=O) groups excluding carboxylic acids is 2. The Hall–Kier alpha value is -3.67. The Kier molecular flexibility index (Phi) is 7.74. The second kappa shape index (κ2) is 11.2. The van der Waals surface area contributed by atoms with E-state index in [0.29, 0.717) is 47.0 Å². The lowest BCUT2D eigenvalue weighted by atomic mass is 10.1. The van der Waals surface area contributed by atoms with Crippen LogP contribution >= 0.6 is 23.2 Å². The van der Waals surface area contributed by atoms with Gasteiger partial charge in [-0.15, -0.1) is 0 Å². The molecule has 3 heterocycles. The summed E-state index contributed by atoms with van der Waals surface area (Å²) in [7, 11) is 2.95. The molecule has 0 unspecified atom stereocenters. The minimum Gasteiger partial charge on any atom is -0.495 e. The highest BCUT2D eigenvalue weighted by Crippen LogP contribution is 2.45. The summed E-state index contributed by atoms with van der Waals surface area (Å²) in [5, 5.41) is 10.0. The topological polar surface area (TPSA) is 137 Å². The largest absolute Gasteiger partial charge is 0.495 e. The van der Waals surface area contributed by atoms with Gasteiger partial charge in [0.2, 0.25) is 11.8 Å². The van der Waals surface area contributed by atoms with Gasteiger partial charge in [0.25, 0.3) is 0 Å². The quantitative estimate of drug-likeness (QED) is 0.326. The van der Waals surface area contributed by atoms with Gasteiger partial charge in [0.05, 0.1) is 66.8 Å². The molecule has 39 heavy (non-hydrogen) atoms. The number of pyridine rings is 1. The summed E-state index contributed by atoms with van der Waals surface area (Å²) < 4.78 is 16.3. The monoisotopic (exact) mass is 572 g/mol. The number of methoxy groups -OCH3 is 2.